The molecule has 0 aromatic heterocycles. The Morgan fingerprint density at radius 2 is 1.77 bits per heavy atom. The first kappa shape index (κ1) is 11.2. The lowest BCUT2D eigenvalue weighted by molar-refractivity contribution is 0.161. The highest BCUT2D eigenvalue weighted by Crippen LogP contribution is 2.57. The summed E-state index contributed by atoms with van der Waals surface area (Å²) in [4.78, 5) is 0. The second-order valence-electron chi connectivity index (χ2n) is 3.76. The predicted molar refractivity (Wildman–Crippen MR) is 49.5 cm³/mol. The maximum atomic E-state index is 11.7. The Bertz CT molecular complexity index is 202. The number of hydrogen-bond acceptors (Lipinski definition) is 4. The molecule has 1 heterocycles. The third-order valence-electron chi connectivity index (χ3n) is 1.82. The summed E-state index contributed by atoms with van der Waals surface area (Å²) < 4.78 is 27.0. The summed E-state index contributed by atoms with van der Waals surface area (Å²) in [6, 6.07) is 0. The lowest BCUT2D eigenvalue weighted by Crippen LogP contribution is -2.13. The SMILES string of the molecule is CC(C)COP1(=O)OC(C)C(C)O1. The number of rotatable bonds is 3. The van der Waals surface area contributed by atoms with Gasteiger partial charge < -0.3 is 0 Å². The van der Waals surface area contributed by atoms with Crippen LogP contribution < -0.4 is 0 Å². The van der Waals surface area contributed by atoms with Crippen LogP contribution in [-0.4, -0.2) is 18.8 Å². The molecule has 0 amide bonds. The van der Waals surface area contributed by atoms with Gasteiger partial charge in [0.1, 0.15) is 0 Å². The van der Waals surface area contributed by atoms with Gasteiger partial charge in [0.25, 0.3) is 0 Å². The molecule has 0 aromatic carbocycles. The van der Waals surface area contributed by atoms with Crippen molar-refractivity contribution in [2.24, 2.45) is 5.92 Å². The number of phosphoric acid groups is 1. The van der Waals surface area contributed by atoms with E-state index < -0.39 is 7.82 Å². The molecule has 0 saturated carbocycles. The average molecular weight is 208 g/mol. The summed E-state index contributed by atoms with van der Waals surface area (Å²) in [7, 11) is -3.24. The average Bonchev–Trinajstić information content (AvgIpc) is 2.24. The minimum atomic E-state index is -3.24. The smallest absolute Gasteiger partial charge is 0.287 e. The fourth-order valence-corrected chi connectivity index (χ4v) is 2.71. The van der Waals surface area contributed by atoms with Crippen molar-refractivity contribution in [3.8, 4) is 0 Å². The van der Waals surface area contributed by atoms with Crippen LogP contribution in [0.4, 0.5) is 0 Å². The first-order valence-corrected chi connectivity index (χ1v) is 6.00. The first-order chi connectivity index (χ1) is 5.93. The molecule has 1 saturated heterocycles. The summed E-state index contributed by atoms with van der Waals surface area (Å²) in [6.07, 6.45) is -0.309. The van der Waals surface area contributed by atoms with E-state index in [0.29, 0.717) is 12.5 Å². The second kappa shape index (κ2) is 4.09. The summed E-state index contributed by atoms with van der Waals surface area (Å²) >= 11 is 0. The van der Waals surface area contributed by atoms with Crippen LogP contribution >= 0.6 is 7.82 Å². The highest BCUT2D eigenvalue weighted by Gasteiger charge is 2.41. The van der Waals surface area contributed by atoms with Gasteiger partial charge in [-0.3, -0.25) is 13.6 Å². The minimum Gasteiger partial charge on any atom is -0.287 e. The van der Waals surface area contributed by atoms with Crippen LogP contribution in [0.5, 0.6) is 0 Å². The Morgan fingerprint density at radius 1 is 1.31 bits per heavy atom. The van der Waals surface area contributed by atoms with Gasteiger partial charge in [0.2, 0.25) is 0 Å². The van der Waals surface area contributed by atoms with E-state index in [1.165, 1.54) is 0 Å². The molecule has 1 aliphatic heterocycles. The molecule has 1 rings (SSSR count). The van der Waals surface area contributed by atoms with Crippen molar-refractivity contribution >= 4 is 7.82 Å². The standard InChI is InChI=1S/C8H17O4P/c1-6(2)5-10-13(9)11-7(3)8(4)12-13/h6-8H,5H2,1-4H3. The Kier molecular flexibility index (Phi) is 3.52. The van der Waals surface area contributed by atoms with Gasteiger partial charge in [0.05, 0.1) is 18.8 Å². The van der Waals surface area contributed by atoms with Gasteiger partial charge in [0.15, 0.2) is 0 Å². The van der Waals surface area contributed by atoms with Crippen molar-refractivity contribution in [2.75, 3.05) is 6.61 Å². The maximum absolute atomic E-state index is 11.7. The van der Waals surface area contributed by atoms with Gasteiger partial charge in [-0.1, -0.05) is 13.8 Å². The molecule has 4 nitrogen and oxygen atoms in total. The molecule has 1 aliphatic rings. The van der Waals surface area contributed by atoms with E-state index in [1.807, 2.05) is 27.7 Å². The molecule has 0 spiro atoms. The van der Waals surface area contributed by atoms with Crippen LogP contribution in [0.15, 0.2) is 0 Å². The summed E-state index contributed by atoms with van der Waals surface area (Å²) in [5.41, 5.74) is 0. The number of hydrogen-bond donors (Lipinski definition) is 0. The molecule has 0 radical (unpaired) electrons. The fraction of sp³-hybridized carbons (Fsp3) is 1.00. The summed E-state index contributed by atoms with van der Waals surface area (Å²) in [5.74, 6) is 0.323. The molecular weight excluding hydrogens is 191 g/mol. The Morgan fingerprint density at radius 3 is 2.15 bits per heavy atom. The molecule has 78 valence electrons. The van der Waals surface area contributed by atoms with E-state index in [0.717, 1.165) is 0 Å². The highest BCUT2D eigenvalue weighted by atomic mass is 31.2. The third kappa shape index (κ3) is 3.06. The van der Waals surface area contributed by atoms with Gasteiger partial charge in [0, 0.05) is 0 Å². The van der Waals surface area contributed by atoms with Crippen molar-refractivity contribution in [3.05, 3.63) is 0 Å². The first-order valence-electron chi connectivity index (χ1n) is 4.54. The molecule has 1 fully saturated rings. The summed E-state index contributed by atoms with van der Waals surface area (Å²) in [5, 5.41) is 0. The van der Waals surface area contributed by atoms with Gasteiger partial charge >= 0.3 is 7.82 Å². The zero-order valence-corrected chi connectivity index (χ0v) is 9.41. The van der Waals surface area contributed by atoms with Crippen molar-refractivity contribution in [1.29, 1.82) is 0 Å². The van der Waals surface area contributed by atoms with Crippen molar-refractivity contribution < 1.29 is 18.1 Å². The quantitative estimate of drug-likeness (QED) is 0.668. The predicted octanol–water partition coefficient (Wildman–Crippen LogP) is 2.59. The lowest BCUT2D eigenvalue weighted by atomic mass is 10.2. The van der Waals surface area contributed by atoms with Crippen LogP contribution in [0.3, 0.4) is 0 Å². The monoisotopic (exact) mass is 208 g/mol. The van der Waals surface area contributed by atoms with E-state index in [-0.39, 0.29) is 12.2 Å². The van der Waals surface area contributed by atoms with E-state index in [2.05, 4.69) is 0 Å². The van der Waals surface area contributed by atoms with Crippen molar-refractivity contribution in [2.45, 2.75) is 39.9 Å². The van der Waals surface area contributed by atoms with E-state index >= 15 is 0 Å². The van der Waals surface area contributed by atoms with Crippen molar-refractivity contribution in [1.82, 2.24) is 0 Å². The van der Waals surface area contributed by atoms with Crippen molar-refractivity contribution in [3.63, 3.8) is 0 Å². The van der Waals surface area contributed by atoms with Gasteiger partial charge in [-0.25, -0.2) is 4.57 Å². The van der Waals surface area contributed by atoms with Gasteiger partial charge in [-0.15, -0.1) is 0 Å². The van der Waals surface area contributed by atoms with Gasteiger partial charge in [-0.2, -0.15) is 0 Å². The molecule has 0 N–H and O–H groups in total. The van der Waals surface area contributed by atoms with Crippen LogP contribution in [0.25, 0.3) is 0 Å². The topological polar surface area (TPSA) is 44.8 Å². The van der Waals surface area contributed by atoms with Crippen LogP contribution in [0.1, 0.15) is 27.7 Å². The Balaban J connectivity index is 2.45. The zero-order valence-electron chi connectivity index (χ0n) is 8.52. The van der Waals surface area contributed by atoms with Gasteiger partial charge in [-0.05, 0) is 19.8 Å². The molecule has 13 heavy (non-hydrogen) atoms. The van der Waals surface area contributed by atoms with Crippen LogP contribution in [0, 0.1) is 5.92 Å². The molecule has 0 aliphatic carbocycles. The highest BCUT2D eigenvalue weighted by molar-refractivity contribution is 7.48. The molecule has 5 heteroatoms. The van der Waals surface area contributed by atoms with E-state index in [9.17, 15) is 4.57 Å². The largest absolute Gasteiger partial charge is 0.475 e. The second-order valence-corrected chi connectivity index (χ2v) is 5.33. The maximum Gasteiger partial charge on any atom is 0.475 e. The van der Waals surface area contributed by atoms with Crippen LogP contribution in [0.2, 0.25) is 0 Å². The Labute approximate surface area is 79.2 Å². The molecular formula is C8H17O4P. The minimum absolute atomic E-state index is 0.155. The molecule has 0 bridgehead atoms. The normalized spacial score (nSPS) is 40.1. The molecule has 2 unspecified atom stereocenters. The molecule has 2 atom stereocenters. The van der Waals surface area contributed by atoms with Crippen LogP contribution in [-0.2, 0) is 18.1 Å². The third-order valence-corrected chi connectivity index (χ3v) is 3.46. The Hall–Kier alpha value is 0.110. The van der Waals surface area contributed by atoms with E-state index in [1.54, 1.807) is 0 Å². The number of phosphoric ester groups is 1. The van der Waals surface area contributed by atoms with E-state index in [4.69, 9.17) is 13.6 Å². The zero-order chi connectivity index (χ0) is 10.1. The fourth-order valence-electron chi connectivity index (χ4n) is 0.905. The summed E-state index contributed by atoms with van der Waals surface area (Å²) in [6.45, 7) is 8.01. The molecule has 0 aromatic rings. The lowest BCUT2D eigenvalue weighted by Gasteiger charge is -2.11.